The number of methoxy groups -OCH3 is 1. The van der Waals surface area contributed by atoms with E-state index in [-0.39, 0.29) is 12.5 Å². The second kappa shape index (κ2) is 10.7. The lowest BCUT2D eigenvalue weighted by Crippen LogP contribution is -2.37. The van der Waals surface area contributed by atoms with Gasteiger partial charge in [0.15, 0.2) is 11.5 Å². The number of rotatable bonds is 10. The van der Waals surface area contributed by atoms with Gasteiger partial charge in [0.25, 0.3) is 0 Å². The Morgan fingerprint density at radius 3 is 2.57 bits per heavy atom. The van der Waals surface area contributed by atoms with Gasteiger partial charge in [-0.1, -0.05) is 59.6 Å². The highest BCUT2D eigenvalue weighted by molar-refractivity contribution is 9.10. The Bertz CT molecular complexity index is 813. The van der Waals surface area contributed by atoms with E-state index in [9.17, 15) is 9.90 Å². The van der Waals surface area contributed by atoms with Crippen LogP contribution >= 0.6 is 27.5 Å². The van der Waals surface area contributed by atoms with Crippen molar-refractivity contribution in [1.29, 1.82) is 0 Å². The zero-order valence-electron chi connectivity index (χ0n) is 16.2. The number of halogens is 2. The van der Waals surface area contributed by atoms with Crippen LogP contribution in [0.1, 0.15) is 31.4 Å². The number of nitrogens with one attached hydrogen (secondary N) is 1. The van der Waals surface area contributed by atoms with Gasteiger partial charge in [-0.25, -0.2) is 0 Å². The number of benzene rings is 2. The molecule has 0 saturated heterocycles. The lowest BCUT2D eigenvalue weighted by molar-refractivity contribution is -0.140. The van der Waals surface area contributed by atoms with Crippen molar-refractivity contribution in [3.05, 3.63) is 57.0 Å². The Hall–Kier alpha value is -1.76. The van der Waals surface area contributed by atoms with Gasteiger partial charge in [-0.3, -0.25) is 4.79 Å². The molecule has 28 heavy (non-hydrogen) atoms. The fourth-order valence-electron chi connectivity index (χ4n) is 2.80. The molecule has 2 rings (SSSR count). The van der Waals surface area contributed by atoms with Crippen LogP contribution in [0.2, 0.25) is 5.02 Å². The summed E-state index contributed by atoms with van der Waals surface area (Å²) in [5, 5.41) is 13.2. The quantitative estimate of drug-likeness (QED) is 0.494. The molecule has 0 aliphatic rings. The number of hydrogen-bond acceptors (Lipinski definition) is 4. The number of hydrogen-bond donors (Lipinski definition) is 2. The van der Waals surface area contributed by atoms with Gasteiger partial charge in [-0.15, -0.1) is 0 Å². The molecule has 1 atom stereocenters. The van der Waals surface area contributed by atoms with Gasteiger partial charge in [-0.05, 0) is 30.5 Å². The van der Waals surface area contributed by atoms with Gasteiger partial charge in [0.1, 0.15) is 12.6 Å². The number of aliphatic carboxylic acids is 1. The molecule has 5 nitrogen and oxygen atoms in total. The first-order valence-electron chi connectivity index (χ1n) is 9.01. The molecule has 0 heterocycles. The van der Waals surface area contributed by atoms with Crippen LogP contribution in [-0.4, -0.2) is 24.2 Å². The van der Waals surface area contributed by atoms with E-state index < -0.39 is 12.0 Å². The van der Waals surface area contributed by atoms with Crippen molar-refractivity contribution in [3.63, 3.8) is 0 Å². The highest BCUT2D eigenvalue weighted by Crippen LogP contribution is 2.37. The van der Waals surface area contributed by atoms with Gasteiger partial charge in [-0.2, -0.15) is 0 Å². The number of carbonyl (C=O) groups is 1. The van der Waals surface area contributed by atoms with Gasteiger partial charge < -0.3 is 19.9 Å². The maximum absolute atomic E-state index is 11.6. The average Bonchev–Trinajstić information content (AvgIpc) is 2.65. The van der Waals surface area contributed by atoms with Crippen molar-refractivity contribution in [2.45, 2.75) is 39.5 Å². The summed E-state index contributed by atoms with van der Waals surface area (Å²) < 4.78 is 12.3. The second-order valence-electron chi connectivity index (χ2n) is 6.84. The fraction of sp³-hybridized carbons (Fsp3) is 0.381. The maximum atomic E-state index is 11.6. The molecule has 0 saturated carbocycles. The highest BCUT2D eigenvalue weighted by Gasteiger charge is 2.21. The van der Waals surface area contributed by atoms with E-state index in [4.69, 9.17) is 21.1 Å². The van der Waals surface area contributed by atoms with Gasteiger partial charge >= 0.3 is 5.97 Å². The molecular weight excluding hydrogens is 446 g/mol. The van der Waals surface area contributed by atoms with Gasteiger partial charge in [0.05, 0.1) is 7.11 Å². The second-order valence-corrected chi connectivity index (χ2v) is 8.10. The molecule has 0 aromatic heterocycles. The first kappa shape index (κ1) is 22.5. The third kappa shape index (κ3) is 6.12. The van der Waals surface area contributed by atoms with Crippen LogP contribution < -0.4 is 14.8 Å². The molecule has 0 spiro atoms. The summed E-state index contributed by atoms with van der Waals surface area (Å²) in [5.74, 6) is 0.519. The van der Waals surface area contributed by atoms with Crippen molar-refractivity contribution < 1.29 is 19.4 Å². The van der Waals surface area contributed by atoms with Crippen LogP contribution in [0.25, 0.3) is 0 Å². The third-order valence-corrected chi connectivity index (χ3v) is 5.36. The van der Waals surface area contributed by atoms with Crippen LogP contribution in [-0.2, 0) is 17.9 Å². The summed E-state index contributed by atoms with van der Waals surface area (Å²) in [6, 6.07) is 10.5. The molecule has 152 valence electrons. The first-order chi connectivity index (χ1) is 13.3. The van der Waals surface area contributed by atoms with Crippen LogP contribution in [0.4, 0.5) is 0 Å². The Kier molecular flexibility index (Phi) is 8.60. The van der Waals surface area contributed by atoms with Crippen LogP contribution in [0.5, 0.6) is 11.5 Å². The van der Waals surface area contributed by atoms with Crippen molar-refractivity contribution in [2.24, 2.45) is 5.92 Å². The summed E-state index contributed by atoms with van der Waals surface area (Å²) in [4.78, 5) is 11.6. The predicted octanol–water partition coefficient (Wildman–Crippen LogP) is 5.28. The fourth-order valence-corrected chi connectivity index (χ4v) is 3.44. The molecule has 0 radical (unpaired) electrons. The molecule has 0 bridgehead atoms. The topological polar surface area (TPSA) is 67.8 Å². The Balaban J connectivity index is 2.25. The number of carboxylic acids is 1. The van der Waals surface area contributed by atoms with Crippen LogP contribution in [0, 0.1) is 5.92 Å². The minimum Gasteiger partial charge on any atom is -0.493 e. The zero-order valence-corrected chi connectivity index (χ0v) is 18.5. The van der Waals surface area contributed by atoms with E-state index >= 15 is 0 Å². The summed E-state index contributed by atoms with van der Waals surface area (Å²) in [6.45, 7) is 4.58. The summed E-state index contributed by atoms with van der Waals surface area (Å²) in [6.07, 6.45) is 0.534. The standard InChI is InChI=1S/C21H25BrClNO4/c1-13(2)10-18(21(25)26)24-11-15-16(22)8-9-19(27-3)20(15)28-12-14-6-4-5-7-17(14)23/h4-9,13,18,24H,10-12H2,1-3H3,(H,25,26). The van der Waals surface area contributed by atoms with Crippen LogP contribution in [0.15, 0.2) is 40.9 Å². The van der Waals surface area contributed by atoms with Gasteiger partial charge in [0.2, 0.25) is 0 Å². The maximum Gasteiger partial charge on any atom is 0.320 e. The summed E-state index contributed by atoms with van der Waals surface area (Å²) in [5.41, 5.74) is 1.65. The Morgan fingerprint density at radius 2 is 1.96 bits per heavy atom. The summed E-state index contributed by atoms with van der Waals surface area (Å²) >= 11 is 9.76. The monoisotopic (exact) mass is 469 g/mol. The largest absolute Gasteiger partial charge is 0.493 e. The smallest absolute Gasteiger partial charge is 0.320 e. The van der Waals surface area contributed by atoms with Gasteiger partial charge in [0, 0.05) is 27.2 Å². The molecule has 7 heteroatoms. The lowest BCUT2D eigenvalue weighted by Gasteiger charge is -2.20. The van der Waals surface area contributed by atoms with E-state index in [0.29, 0.717) is 29.5 Å². The van der Waals surface area contributed by atoms with E-state index in [1.54, 1.807) is 13.2 Å². The summed E-state index contributed by atoms with van der Waals surface area (Å²) in [7, 11) is 1.57. The predicted molar refractivity (Wildman–Crippen MR) is 114 cm³/mol. The molecule has 0 aliphatic carbocycles. The van der Waals surface area contributed by atoms with Crippen molar-refractivity contribution in [1.82, 2.24) is 5.32 Å². The molecule has 0 amide bonds. The minimum atomic E-state index is -0.869. The Morgan fingerprint density at radius 1 is 1.25 bits per heavy atom. The normalized spacial score (nSPS) is 12.1. The lowest BCUT2D eigenvalue weighted by atomic mass is 10.0. The van der Waals surface area contributed by atoms with E-state index in [1.807, 2.05) is 44.2 Å². The minimum absolute atomic E-state index is 0.262. The van der Waals surface area contributed by atoms with Crippen LogP contribution in [0.3, 0.4) is 0 Å². The van der Waals surface area contributed by atoms with Crippen molar-refractivity contribution in [3.8, 4) is 11.5 Å². The van der Waals surface area contributed by atoms with E-state index in [1.165, 1.54) is 0 Å². The third-order valence-electron chi connectivity index (χ3n) is 4.25. The molecule has 2 aromatic rings. The highest BCUT2D eigenvalue weighted by atomic mass is 79.9. The number of carboxylic acid groups (broad SMARTS) is 1. The van der Waals surface area contributed by atoms with Crippen molar-refractivity contribution >= 4 is 33.5 Å². The first-order valence-corrected chi connectivity index (χ1v) is 10.2. The Labute approximate surface area is 179 Å². The molecule has 2 N–H and O–H groups in total. The van der Waals surface area contributed by atoms with E-state index in [2.05, 4.69) is 21.2 Å². The van der Waals surface area contributed by atoms with E-state index in [0.717, 1.165) is 15.6 Å². The molecule has 0 fully saturated rings. The molecular formula is C21H25BrClNO4. The SMILES string of the molecule is COc1ccc(Br)c(CNC(CC(C)C)C(=O)O)c1OCc1ccccc1Cl. The zero-order chi connectivity index (χ0) is 20.7. The number of ether oxygens (including phenoxy) is 2. The van der Waals surface area contributed by atoms with Crippen molar-refractivity contribution in [2.75, 3.05) is 7.11 Å². The molecule has 0 aliphatic heterocycles. The molecule has 1 unspecified atom stereocenters. The average molecular weight is 471 g/mol. The molecule has 2 aromatic carbocycles.